The highest BCUT2D eigenvalue weighted by molar-refractivity contribution is 5.28. The third-order valence-electron chi connectivity index (χ3n) is 8.04. The van der Waals surface area contributed by atoms with Crippen LogP contribution in [0.15, 0.2) is 24.3 Å². The molecule has 1 rings (SSSR count). The Labute approximate surface area is 238 Å². The van der Waals surface area contributed by atoms with Crippen molar-refractivity contribution in [3.63, 3.8) is 0 Å². The van der Waals surface area contributed by atoms with Gasteiger partial charge in [-0.1, -0.05) is 72.7 Å². The van der Waals surface area contributed by atoms with Gasteiger partial charge in [0.15, 0.2) is 0 Å². The van der Waals surface area contributed by atoms with E-state index in [0.717, 1.165) is 52.4 Å². The lowest BCUT2D eigenvalue weighted by Crippen LogP contribution is -2.35. The second-order valence-electron chi connectivity index (χ2n) is 12.7. The SMILES string of the molecule is CC.CC(C)c1ccc(C(C)(C)OCC(C)(C)C(C)CCCN(C)CCN(C)CCCN(C)CCN)cc1. The highest BCUT2D eigenvalue weighted by Gasteiger charge is 2.30. The summed E-state index contributed by atoms with van der Waals surface area (Å²) < 4.78 is 6.53. The van der Waals surface area contributed by atoms with Crippen molar-refractivity contribution in [2.45, 2.75) is 93.1 Å². The van der Waals surface area contributed by atoms with Crippen LogP contribution in [-0.4, -0.2) is 88.3 Å². The van der Waals surface area contributed by atoms with Gasteiger partial charge >= 0.3 is 0 Å². The zero-order valence-corrected chi connectivity index (χ0v) is 27.6. The molecule has 0 spiro atoms. The number of hydrogen-bond donors (Lipinski definition) is 1. The van der Waals surface area contributed by atoms with Crippen LogP contribution in [0.1, 0.15) is 98.6 Å². The molecular formula is C33H66N4O. The lowest BCUT2D eigenvalue weighted by Gasteiger charge is -2.36. The van der Waals surface area contributed by atoms with Crippen LogP contribution in [0.3, 0.4) is 0 Å². The van der Waals surface area contributed by atoms with Crippen LogP contribution < -0.4 is 5.73 Å². The minimum absolute atomic E-state index is 0.144. The van der Waals surface area contributed by atoms with E-state index < -0.39 is 0 Å². The van der Waals surface area contributed by atoms with Gasteiger partial charge in [0.25, 0.3) is 0 Å². The summed E-state index contributed by atoms with van der Waals surface area (Å²) in [7, 11) is 6.65. The second-order valence-corrected chi connectivity index (χ2v) is 12.7. The standard InChI is InChI=1S/C31H60N4O.C2H6/c1-26(2)28-14-16-29(17-15-28)31(6,7)36-25-30(4,5)27(3)13-11-19-34(9)23-24-35(10)21-12-20-33(8)22-18-32;1-2/h14-17,26-27H,11-13,18-25,32H2,1-10H3;1-2H3. The number of benzene rings is 1. The van der Waals surface area contributed by atoms with Gasteiger partial charge in [0, 0.05) is 26.2 Å². The van der Waals surface area contributed by atoms with Gasteiger partial charge in [0.05, 0.1) is 12.2 Å². The van der Waals surface area contributed by atoms with E-state index in [1.807, 2.05) is 13.8 Å². The van der Waals surface area contributed by atoms with Crippen LogP contribution in [0.5, 0.6) is 0 Å². The fourth-order valence-electron chi connectivity index (χ4n) is 4.43. The monoisotopic (exact) mass is 535 g/mol. The molecule has 0 saturated heterocycles. The average molecular weight is 535 g/mol. The number of ether oxygens (including phenoxy) is 1. The van der Waals surface area contributed by atoms with E-state index in [-0.39, 0.29) is 11.0 Å². The number of hydrogen-bond acceptors (Lipinski definition) is 5. The number of likely N-dealkylation sites (N-methyl/N-ethyl adjacent to an activating group) is 3. The summed E-state index contributed by atoms with van der Waals surface area (Å²) in [6.07, 6.45) is 3.66. The quantitative estimate of drug-likeness (QED) is 0.215. The summed E-state index contributed by atoms with van der Waals surface area (Å²) in [6.45, 7) is 28.2. The van der Waals surface area contributed by atoms with E-state index in [2.05, 4.69) is 109 Å². The van der Waals surface area contributed by atoms with Crippen molar-refractivity contribution in [2.24, 2.45) is 17.1 Å². The lowest BCUT2D eigenvalue weighted by atomic mass is 9.78. The van der Waals surface area contributed by atoms with Gasteiger partial charge in [0.2, 0.25) is 0 Å². The lowest BCUT2D eigenvalue weighted by molar-refractivity contribution is -0.0727. The maximum Gasteiger partial charge on any atom is 0.0875 e. The fraction of sp³-hybridized carbons (Fsp3) is 0.818. The molecule has 5 nitrogen and oxygen atoms in total. The smallest absolute Gasteiger partial charge is 0.0875 e. The summed E-state index contributed by atoms with van der Waals surface area (Å²) in [4.78, 5) is 7.25. The second kappa shape index (κ2) is 19.2. The summed E-state index contributed by atoms with van der Waals surface area (Å²) in [5.41, 5.74) is 8.13. The van der Waals surface area contributed by atoms with Crippen LogP contribution in [0.2, 0.25) is 0 Å². The third kappa shape index (κ3) is 15.0. The van der Waals surface area contributed by atoms with Crippen LogP contribution in [-0.2, 0) is 10.3 Å². The van der Waals surface area contributed by atoms with Crippen molar-refractivity contribution < 1.29 is 4.74 Å². The number of rotatable bonds is 19. The van der Waals surface area contributed by atoms with Gasteiger partial charge < -0.3 is 25.2 Å². The first-order chi connectivity index (χ1) is 17.8. The van der Waals surface area contributed by atoms with Crippen LogP contribution >= 0.6 is 0 Å². The predicted octanol–water partition coefficient (Wildman–Crippen LogP) is 6.67. The molecule has 2 N–H and O–H groups in total. The molecule has 0 fully saturated rings. The summed E-state index contributed by atoms with van der Waals surface area (Å²) >= 11 is 0. The molecule has 1 aromatic carbocycles. The fourth-order valence-corrected chi connectivity index (χ4v) is 4.43. The Morgan fingerprint density at radius 2 is 1.21 bits per heavy atom. The molecule has 0 radical (unpaired) electrons. The Bertz CT molecular complexity index is 701. The van der Waals surface area contributed by atoms with Gasteiger partial charge in [-0.3, -0.25) is 0 Å². The zero-order valence-electron chi connectivity index (χ0n) is 27.6. The number of nitrogens with zero attached hydrogens (tertiary/aromatic N) is 3. The van der Waals surface area contributed by atoms with E-state index in [0.29, 0.717) is 11.8 Å². The third-order valence-corrected chi connectivity index (χ3v) is 8.04. The predicted molar refractivity (Wildman–Crippen MR) is 169 cm³/mol. The van der Waals surface area contributed by atoms with E-state index >= 15 is 0 Å². The van der Waals surface area contributed by atoms with E-state index in [9.17, 15) is 0 Å². The van der Waals surface area contributed by atoms with Crippen LogP contribution in [0.4, 0.5) is 0 Å². The highest BCUT2D eigenvalue weighted by atomic mass is 16.5. The molecule has 0 aromatic heterocycles. The summed E-state index contributed by atoms with van der Waals surface area (Å²) in [5.74, 6) is 1.17. The Kier molecular flexibility index (Phi) is 18.7. The van der Waals surface area contributed by atoms with Gasteiger partial charge in [-0.2, -0.15) is 0 Å². The summed E-state index contributed by atoms with van der Waals surface area (Å²) in [5, 5.41) is 0. The number of nitrogens with two attached hydrogens (primary N) is 1. The minimum Gasteiger partial charge on any atom is -0.370 e. The maximum atomic E-state index is 6.53. The molecule has 1 unspecified atom stereocenters. The van der Waals surface area contributed by atoms with Gasteiger partial charge in [-0.25, -0.2) is 0 Å². The van der Waals surface area contributed by atoms with Crippen molar-refractivity contribution in [2.75, 3.05) is 73.6 Å². The molecule has 0 aliphatic carbocycles. The Hall–Kier alpha value is -0.980. The van der Waals surface area contributed by atoms with Crippen LogP contribution in [0, 0.1) is 11.3 Å². The van der Waals surface area contributed by atoms with E-state index in [1.165, 1.54) is 30.4 Å². The Balaban J connectivity index is 0.00000667. The molecule has 0 bridgehead atoms. The van der Waals surface area contributed by atoms with Crippen molar-refractivity contribution >= 4 is 0 Å². The highest BCUT2D eigenvalue weighted by Crippen LogP contribution is 2.34. The maximum absolute atomic E-state index is 6.53. The zero-order chi connectivity index (χ0) is 29.4. The van der Waals surface area contributed by atoms with Crippen molar-refractivity contribution in [1.29, 1.82) is 0 Å². The van der Waals surface area contributed by atoms with Gasteiger partial charge in [0.1, 0.15) is 0 Å². The molecule has 5 heteroatoms. The topological polar surface area (TPSA) is 45.0 Å². The molecule has 38 heavy (non-hydrogen) atoms. The first-order valence-corrected chi connectivity index (χ1v) is 15.3. The van der Waals surface area contributed by atoms with Crippen molar-refractivity contribution in [3.8, 4) is 0 Å². The first-order valence-electron chi connectivity index (χ1n) is 15.3. The molecule has 0 aliphatic heterocycles. The molecular weight excluding hydrogens is 468 g/mol. The molecule has 0 saturated carbocycles. The van der Waals surface area contributed by atoms with Crippen molar-refractivity contribution in [1.82, 2.24) is 14.7 Å². The van der Waals surface area contributed by atoms with E-state index in [1.54, 1.807) is 0 Å². The molecule has 0 heterocycles. The van der Waals surface area contributed by atoms with Crippen LogP contribution in [0.25, 0.3) is 0 Å². The minimum atomic E-state index is -0.279. The molecule has 0 amide bonds. The Morgan fingerprint density at radius 3 is 1.68 bits per heavy atom. The van der Waals surface area contributed by atoms with E-state index in [4.69, 9.17) is 10.5 Å². The molecule has 0 aliphatic rings. The largest absolute Gasteiger partial charge is 0.370 e. The van der Waals surface area contributed by atoms with Gasteiger partial charge in [-0.05, 0) is 102 Å². The molecule has 1 atom stereocenters. The molecule has 224 valence electrons. The first kappa shape index (κ1) is 37.0. The Morgan fingerprint density at radius 1 is 0.737 bits per heavy atom. The van der Waals surface area contributed by atoms with Gasteiger partial charge in [-0.15, -0.1) is 0 Å². The molecule has 1 aromatic rings. The summed E-state index contributed by atoms with van der Waals surface area (Å²) in [6, 6.07) is 8.96. The normalized spacial score (nSPS) is 13.4. The van der Waals surface area contributed by atoms with Crippen molar-refractivity contribution in [3.05, 3.63) is 35.4 Å². The average Bonchev–Trinajstić information content (AvgIpc) is 2.87.